The van der Waals surface area contributed by atoms with E-state index in [9.17, 15) is 9.59 Å². The zero-order valence-corrected chi connectivity index (χ0v) is 17.4. The highest BCUT2D eigenvalue weighted by Gasteiger charge is 2.11. The maximum Gasteiger partial charge on any atom is 0.249 e. The van der Waals surface area contributed by atoms with E-state index in [1.807, 2.05) is 62.4 Å². The highest BCUT2D eigenvalue weighted by Crippen LogP contribution is 2.26. The van der Waals surface area contributed by atoms with Gasteiger partial charge in [0.15, 0.2) is 0 Å². The molecule has 0 aromatic heterocycles. The summed E-state index contributed by atoms with van der Waals surface area (Å²) in [6, 6.07) is 17.1. The molecule has 0 saturated heterocycles. The molecule has 156 valence electrons. The summed E-state index contributed by atoms with van der Waals surface area (Å²) in [6.45, 7) is 3.99. The van der Waals surface area contributed by atoms with Crippen LogP contribution in [0, 0.1) is 26.2 Å². The summed E-state index contributed by atoms with van der Waals surface area (Å²) in [5.41, 5.74) is 5.79. The van der Waals surface area contributed by atoms with E-state index in [2.05, 4.69) is 21.8 Å². The number of nitrogens with one attached hydrogen (secondary N) is 2. The zero-order valence-electron chi connectivity index (χ0n) is 17.4. The van der Waals surface area contributed by atoms with Crippen LogP contribution in [0.15, 0.2) is 59.7 Å². The van der Waals surface area contributed by atoms with Crippen molar-refractivity contribution in [3.63, 3.8) is 0 Å². The standard InChI is InChI=1S/C25H23N3O3/c1-4-13-31-23-12-10-19-7-5-6-8-20(19)21(23)16-26-28-25(30)15-24(29)27-22-11-9-17(2)14-18(22)3/h1,5-12,14,16H,13,15H2,2-3H3,(H,27,29)(H,28,30). The molecule has 2 N–H and O–H groups in total. The van der Waals surface area contributed by atoms with Gasteiger partial charge in [-0.1, -0.05) is 53.9 Å². The van der Waals surface area contributed by atoms with Crippen LogP contribution in [0.25, 0.3) is 10.8 Å². The molecule has 0 aliphatic carbocycles. The maximum atomic E-state index is 12.2. The topological polar surface area (TPSA) is 79.8 Å². The molecule has 0 saturated carbocycles. The summed E-state index contributed by atoms with van der Waals surface area (Å²) < 4.78 is 5.60. The Morgan fingerprint density at radius 3 is 2.68 bits per heavy atom. The van der Waals surface area contributed by atoms with Crippen LogP contribution >= 0.6 is 0 Å². The van der Waals surface area contributed by atoms with Crippen LogP contribution in [-0.4, -0.2) is 24.6 Å². The third kappa shape index (κ3) is 5.71. The normalized spacial score (nSPS) is 10.6. The van der Waals surface area contributed by atoms with Crippen molar-refractivity contribution in [2.24, 2.45) is 5.10 Å². The fraction of sp³-hybridized carbons (Fsp3) is 0.160. The van der Waals surface area contributed by atoms with Gasteiger partial charge in [0, 0.05) is 11.3 Å². The molecule has 6 heteroatoms. The van der Waals surface area contributed by atoms with Gasteiger partial charge >= 0.3 is 0 Å². The Balaban J connectivity index is 1.67. The summed E-state index contributed by atoms with van der Waals surface area (Å²) in [4.78, 5) is 24.3. The van der Waals surface area contributed by atoms with Crippen LogP contribution in [0.3, 0.4) is 0 Å². The number of fused-ring (bicyclic) bond motifs is 1. The number of ether oxygens (including phenoxy) is 1. The lowest BCUT2D eigenvalue weighted by molar-refractivity contribution is -0.126. The first-order valence-electron chi connectivity index (χ1n) is 9.75. The van der Waals surface area contributed by atoms with Gasteiger partial charge in [0.1, 0.15) is 18.8 Å². The number of hydrazone groups is 1. The number of hydrogen-bond acceptors (Lipinski definition) is 4. The molecule has 0 unspecified atom stereocenters. The number of nitrogens with zero attached hydrogens (tertiary/aromatic N) is 1. The number of anilines is 1. The molecule has 0 heterocycles. The second-order valence-corrected chi connectivity index (χ2v) is 7.03. The summed E-state index contributed by atoms with van der Waals surface area (Å²) in [6.07, 6.45) is 6.44. The minimum absolute atomic E-state index is 0.115. The van der Waals surface area contributed by atoms with E-state index in [-0.39, 0.29) is 13.0 Å². The van der Waals surface area contributed by atoms with Crippen molar-refractivity contribution in [2.75, 3.05) is 11.9 Å². The summed E-state index contributed by atoms with van der Waals surface area (Å²) in [5.74, 6) is 2.05. The van der Waals surface area contributed by atoms with E-state index in [0.29, 0.717) is 17.0 Å². The SMILES string of the molecule is C#CCOc1ccc2ccccc2c1C=NNC(=O)CC(=O)Nc1ccc(C)cc1C. The second kappa shape index (κ2) is 10.1. The molecular formula is C25H23N3O3. The molecule has 6 nitrogen and oxygen atoms in total. The van der Waals surface area contributed by atoms with Crippen molar-refractivity contribution < 1.29 is 14.3 Å². The molecule has 0 aliphatic heterocycles. The largest absolute Gasteiger partial charge is 0.480 e. The van der Waals surface area contributed by atoms with Crippen LogP contribution in [0.5, 0.6) is 5.75 Å². The van der Waals surface area contributed by atoms with Crippen LogP contribution in [0.2, 0.25) is 0 Å². The number of rotatable bonds is 7. The molecular weight excluding hydrogens is 390 g/mol. The van der Waals surface area contributed by atoms with E-state index >= 15 is 0 Å². The summed E-state index contributed by atoms with van der Waals surface area (Å²) in [5, 5.41) is 8.66. The Kier molecular flexibility index (Phi) is 7.02. The summed E-state index contributed by atoms with van der Waals surface area (Å²) >= 11 is 0. The summed E-state index contributed by atoms with van der Waals surface area (Å²) in [7, 11) is 0. The van der Waals surface area contributed by atoms with E-state index in [0.717, 1.165) is 21.9 Å². The Labute approximate surface area is 181 Å². The molecule has 0 atom stereocenters. The van der Waals surface area contributed by atoms with Gasteiger partial charge in [-0.25, -0.2) is 5.43 Å². The highest BCUT2D eigenvalue weighted by atomic mass is 16.5. The number of aryl methyl sites for hydroxylation is 2. The average Bonchev–Trinajstić information content (AvgIpc) is 2.74. The molecule has 2 amide bonds. The highest BCUT2D eigenvalue weighted by molar-refractivity contribution is 6.05. The van der Waals surface area contributed by atoms with Gasteiger partial charge in [-0.3, -0.25) is 9.59 Å². The third-order valence-corrected chi connectivity index (χ3v) is 4.60. The van der Waals surface area contributed by atoms with Crippen LogP contribution < -0.4 is 15.5 Å². The number of carbonyl (C=O) groups excluding carboxylic acids is 2. The van der Waals surface area contributed by atoms with Crippen molar-refractivity contribution in [3.8, 4) is 18.1 Å². The van der Waals surface area contributed by atoms with Crippen molar-refractivity contribution in [1.82, 2.24) is 5.43 Å². The lowest BCUT2D eigenvalue weighted by Crippen LogP contribution is -2.25. The van der Waals surface area contributed by atoms with Crippen molar-refractivity contribution in [2.45, 2.75) is 20.3 Å². The Morgan fingerprint density at radius 1 is 1.10 bits per heavy atom. The predicted octanol–water partition coefficient (Wildman–Crippen LogP) is 3.95. The van der Waals surface area contributed by atoms with Gasteiger partial charge in [-0.2, -0.15) is 5.10 Å². The predicted molar refractivity (Wildman–Crippen MR) is 123 cm³/mol. The van der Waals surface area contributed by atoms with Gasteiger partial charge in [-0.15, -0.1) is 6.42 Å². The van der Waals surface area contributed by atoms with Gasteiger partial charge in [0.05, 0.1) is 6.21 Å². The van der Waals surface area contributed by atoms with Crippen molar-refractivity contribution in [1.29, 1.82) is 0 Å². The number of carbonyl (C=O) groups is 2. The molecule has 0 bridgehead atoms. The van der Waals surface area contributed by atoms with E-state index in [4.69, 9.17) is 11.2 Å². The monoisotopic (exact) mass is 413 g/mol. The van der Waals surface area contributed by atoms with Gasteiger partial charge in [-0.05, 0) is 42.3 Å². The van der Waals surface area contributed by atoms with Gasteiger partial charge in [0.2, 0.25) is 11.8 Å². The molecule has 3 aromatic rings. The first-order chi connectivity index (χ1) is 15.0. The lowest BCUT2D eigenvalue weighted by atomic mass is 10.0. The number of hydrogen-bond donors (Lipinski definition) is 2. The van der Waals surface area contributed by atoms with Crippen LogP contribution in [0.1, 0.15) is 23.1 Å². The Hall–Kier alpha value is -4.11. The van der Waals surface area contributed by atoms with Crippen molar-refractivity contribution in [3.05, 3.63) is 71.3 Å². The second-order valence-electron chi connectivity index (χ2n) is 7.03. The first-order valence-corrected chi connectivity index (χ1v) is 9.75. The molecule has 0 spiro atoms. The van der Waals surface area contributed by atoms with E-state index in [1.54, 1.807) is 6.07 Å². The molecule has 31 heavy (non-hydrogen) atoms. The molecule has 3 rings (SSSR count). The third-order valence-electron chi connectivity index (χ3n) is 4.60. The van der Waals surface area contributed by atoms with Crippen LogP contribution in [0.4, 0.5) is 5.69 Å². The minimum atomic E-state index is -0.523. The van der Waals surface area contributed by atoms with E-state index in [1.165, 1.54) is 6.21 Å². The average molecular weight is 413 g/mol. The quantitative estimate of drug-likeness (QED) is 0.266. The Bertz CT molecular complexity index is 1190. The maximum absolute atomic E-state index is 12.2. The minimum Gasteiger partial charge on any atom is -0.480 e. The number of amides is 2. The first kappa shape index (κ1) is 21.6. The van der Waals surface area contributed by atoms with Gasteiger partial charge in [0.25, 0.3) is 0 Å². The smallest absolute Gasteiger partial charge is 0.249 e. The van der Waals surface area contributed by atoms with Crippen LogP contribution in [-0.2, 0) is 9.59 Å². The number of terminal acetylenes is 1. The van der Waals surface area contributed by atoms with E-state index < -0.39 is 11.8 Å². The molecule has 0 radical (unpaired) electrons. The lowest BCUT2D eigenvalue weighted by Gasteiger charge is -2.10. The fourth-order valence-corrected chi connectivity index (χ4v) is 3.16. The molecule has 0 aliphatic rings. The number of benzene rings is 3. The Morgan fingerprint density at radius 2 is 1.90 bits per heavy atom. The van der Waals surface area contributed by atoms with Gasteiger partial charge < -0.3 is 10.1 Å². The molecule has 3 aromatic carbocycles. The zero-order chi connectivity index (χ0) is 22.2. The molecule has 0 fully saturated rings. The van der Waals surface area contributed by atoms with Crippen molar-refractivity contribution >= 4 is 34.5 Å². The fourth-order valence-electron chi connectivity index (χ4n) is 3.16.